The van der Waals surface area contributed by atoms with Crippen LogP contribution in [0.2, 0.25) is 0 Å². The molecule has 0 aliphatic carbocycles. The van der Waals surface area contributed by atoms with Gasteiger partial charge in [0, 0.05) is 13.6 Å². The molecule has 88 valence electrons. The molecular weight excluding hydrogens is 202 g/mol. The highest BCUT2D eigenvalue weighted by Crippen LogP contribution is 2.19. The summed E-state index contributed by atoms with van der Waals surface area (Å²) in [5, 5.41) is 8.84. The van der Waals surface area contributed by atoms with Crippen molar-refractivity contribution in [3.63, 3.8) is 0 Å². The average molecular weight is 221 g/mol. The van der Waals surface area contributed by atoms with Gasteiger partial charge in [0.2, 0.25) is 0 Å². The van der Waals surface area contributed by atoms with Gasteiger partial charge in [0.15, 0.2) is 0 Å². The number of hydrogen-bond acceptors (Lipinski definition) is 1. The molecule has 0 heterocycles. The number of carbonyl (C=O) groups is 1. The molecule has 0 aliphatic rings. The summed E-state index contributed by atoms with van der Waals surface area (Å²) in [5.74, 6) is 0.467. The molecule has 0 atom stereocenters. The largest absolute Gasteiger partial charge is 0.465 e. The zero-order valence-electron chi connectivity index (χ0n) is 10.3. The van der Waals surface area contributed by atoms with Crippen molar-refractivity contribution in [2.75, 3.05) is 7.05 Å². The number of amides is 1. The summed E-state index contributed by atoms with van der Waals surface area (Å²) in [4.78, 5) is 12.1. The number of nitrogens with zero attached hydrogens (tertiary/aromatic N) is 1. The summed E-state index contributed by atoms with van der Waals surface area (Å²) < 4.78 is 0. The number of carboxylic acid groups (broad SMARTS) is 1. The smallest absolute Gasteiger partial charge is 0.407 e. The molecule has 1 rings (SSSR count). The van der Waals surface area contributed by atoms with Crippen molar-refractivity contribution in [3.8, 4) is 0 Å². The maximum atomic E-state index is 10.8. The highest BCUT2D eigenvalue weighted by Gasteiger charge is 2.09. The molecule has 0 saturated carbocycles. The Morgan fingerprint density at radius 2 is 2.06 bits per heavy atom. The third kappa shape index (κ3) is 2.99. The molecular formula is C13H19NO2. The second kappa shape index (κ2) is 5.01. The van der Waals surface area contributed by atoms with Gasteiger partial charge in [-0.2, -0.15) is 0 Å². The van der Waals surface area contributed by atoms with Crippen molar-refractivity contribution in [1.29, 1.82) is 0 Å². The second-order valence-electron chi connectivity index (χ2n) is 4.48. The van der Waals surface area contributed by atoms with Gasteiger partial charge >= 0.3 is 6.09 Å². The molecule has 0 unspecified atom stereocenters. The van der Waals surface area contributed by atoms with Crippen molar-refractivity contribution in [1.82, 2.24) is 4.90 Å². The van der Waals surface area contributed by atoms with E-state index in [-0.39, 0.29) is 0 Å². The topological polar surface area (TPSA) is 40.5 Å². The minimum absolute atomic E-state index is 0.446. The normalized spacial score (nSPS) is 10.6. The molecule has 1 aromatic rings. The summed E-state index contributed by atoms with van der Waals surface area (Å²) in [5.41, 5.74) is 3.47. The lowest BCUT2D eigenvalue weighted by Crippen LogP contribution is -2.24. The lowest BCUT2D eigenvalue weighted by molar-refractivity contribution is 0.153. The molecule has 0 spiro atoms. The first kappa shape index (κ1) is 12.6. The summed E-state index contributed by atoms with van der Waals surface area (Å²) in [6.45, 7) is 6.72. The number of aryl methyl sites for hydroxylation is 1. The van der Waals surface area contributed by atoms with Crippen LogP contribution in [0.4, 0.5) is 4.79 Å². The zero-order valence-corrected chi connectivity index (χ0v) is 10.3. The average Bonchev–Trinajstić information content (AvgIpc) is 2.20. The van der Waals surface area contributed by atoms with Crippen molar-refractivity contribution < 1.29 is 9.90 Å². The molecule has 0 saturated heterocycles. The number of rotatable bonds is 3. The Morgan fingerprint density at radius 3 is 2.56 bits per heavy atom. The van der Waals surface area contributed by atoms with E-state index in [0.29, 0.717) is 12.5 Å². The van der Waals surface area contributed by atoms with Crippen LogP contribution in [0.5, 0.6) is 0 Å². The Bertz CT molecular complexity index is 386. The fourth-order valence-electron chi connectivity index (χ4n) is 1.54. The second-order valence-corrected chi connectivity index (χ2v) is 4.48. The lowest BCUT2D eigenvalue weighted by atomic mass is 9.98. The third-order valence-corrected chi connectivity index (χ3v) is 2.77. The fourth-order valence-corrected chi connectivity index (χ4v) is 1.54. The van der Waals surface area contributed by atoms with E-state index in [1.807, 2.05) is 6.92 Å². The first-order valence-corrected chi connectivity index (χ1v) is 5.45. The van der Waals surface area contributed by atoms with Gasteiger partial charge in [-0.1, -0.05) is 32.0 Å². The number of hydrogen-bond donors (Lipinski definition) is 1. The Kier molecular flexibility index (Phi) is 3.93. The molecule has 0 bridgehead atoms. The van der Waals surface area contributed by atoms with Gasteiger partial charge in [-0.15, -0.1) is 0 Å². The van der Waals surface area contributed by atoms with Crippen LogP contribution in [-0.2, 0) is 6.54 Å². The molecule has 3 nitrogen and oxygen atoms in total. The van der Waals surface area contributed by atoms with Gasteiger partial charge < -0.3 is 10.0 Å². The maximum absolute atomic E-state index is 10.8. The van der Waals surface area contributed by atoms with E-state index < -0.39 is 6.09 Å². The van der Waals surface area contributed by atoms with Crippen LogP contribution >= 0.6 is 0 Å². The Hall–Kier alpha value is -1.51. The predicted octanol–water partition coefficient (Wildman–Crippen LogP) is 3.23. The molecule has 1 N–H and O–H groups in total. The summed E-state index contributed by atoms with van der Waals surface area (Å²) in [7, 11) is 1.59. The molecule has 0 aromatic heterocycles. The summed E-state index contributed by atoms with van der Waals surface area (Å²) in [6.07, 6.45) is -0.894. The Morgan fingerprint density at radius 1 is 1.44 bits per heavy atom. The zero-order chi connectivity index (χ0) is 12.3. The first-order valence-electron chi connectivity index (χ1n) is 5.45. The highest BCUT2D eigenvalue weighted by molar-refractivity contribution is 5.64. The molecule has 1 amide bonds. The van der Waals surface area contributed by atoms with E-state index in [1.54, 1.807) is 7.05 Å². The van der Waals surface area contributed by atoms with Crippen LogP contribution < -0.4 is 0 Å². The lowest BCUT2D eigenvalue weighted by Gasteiger charge is -2.16. The fraction of sp³-hybridized carbons (Fsp3) is 0.462. The quantitative estimate of drug-likeness (QED) is 0.851. The van der Waals surface area contributed by atoms with Crippen molar-refractivity contribution in [2.45, 2.75) is 33.2 Å². The minimum atomic E-state index is -0.894. The molecule has 3 heteroatoms. The van der Waals surface area contributed by atoms with E-state index in [2.05, 4.69) is 32.0 Å². The van der Waals surface area contributed by atoms with E-state index in [1.165, 1.54) is 10.5 Å². The van der Waals surface area contributed by atoms with Crippen LogP contribution in [0.1, 0.15) is 36.5 Å². The molecule has 0 fully saturated rings. The molecule has 0 radical (unpaired) electrons. The first-order chi connectivity index (χ1) is 7.41. The SMILES string of the molecule is Cc1ccc(C(C)C)cc1CN(C)C(=O)O. The van der Waals surface area contributed by atoms with Crippen molar-refractivity contribution in [2.24, 2.45) is 0 Å². The van der Waals surface area contributed by atoms with E-state index in [4.69, 9.17) is 5.11 Å². The van der Waals surface area contributed by atoms with Crippen LogP contribution in [0.3, 0.4) is 0 Å². The van der Waals surface area contributed by atoms with Crippen molar-refractivity contribution >= 4 is 6.09 Å². The van der Waals surface area contributed by atoms with Crippen LogP contribution in [0, 0.1) is 6.92 Å². The van der Waals surface area contributed by atoms with Gasteiger partial charge in [0.05, 0.1) is 0 Å². The van der Waals surface area contributed by atoms with Crippen LogP contribution in [0.25, 0.3) is 0 Å². The summed E-state index contributed by atoms with van der Waals surface area (Å²) >= 11 is 0. The van der Waals surface area contributed by atoms with E-state index >= 15 is 0 Å². The van der Waals surface area contributed by atoms with Crippen LogP contribution in [-0.4, -0.2) is 23.1 Å². The molecule has 16 heavy (non-hydrogen) atoms. The Labute approximate surface area is 96.7 Å². The standard InChI is InChI=1S/C13H19NO2/c1-9(2)11-6-5-10(3)12(7-11)8-14(4)13(15)16/h5-7,9H,8H2,1-4H3,(H,15,16). The Balaban J connectivity index is 2.94. The molecule has 1 aromatic carbocycles. The summed E-state index contributed by atoms with van der Waals surface area (Å²) in [6, 6.07) is 6.25. The maximum Gasteiger partial charge on any atom is 0.407 e. The van der Waals surface area contributed by atoms with Gasteiger partial charge in [-0.25, -0.2) is 4.79 Å². The monoisotopic (exact) mass is 221 g/mol. The van der Waals surface area contributed by atoms with Gasteiger partial charge in [0.25, 0.3) is 0 Å². The van der Waals surface area contributed by atoms with E-state index in [0.717, 1.165) is 11.1 Å². The molecule has 0 aliphatic heterocycles. The van der Waals surface area contributed by atoms with Crippen molar-refractivity contribution in [3.05, 3.63) is 34.9 Å². The van der Waals surface area contributed by atoms with Gasteiger partial charge in [0.1, 0.15) is 0 Å². The predicted molar refractivity (Wildman–Crippen MR) is 64.8 cm³/mol. The highest BCUT2D eigenvalue weighted by atomic mass is 16.4. The minimum Gasteiger partial charge on any atom is -0.465 e. The number of benzene rings is 1. The van der Waals surface area contributed by atoms with E-state index in [9.17, 15) is 4.79 Å². The van der Waals surface area contributed by atoms with Gasteiger partial charge in [-0.3, -0.25) is 0 Å². The third-order valence-electron chi connectivity index (χ3n) is 2.77. The van der Waals surface area contributed by atoms with Gasteiger partial charge in [-0.05, 0) is 29.5 Å². The van der Waals surface area contributed by atoms with Crippen LogP contribution in [0.15, 0.2) is 18.2 Å².